The Labute approximate surface area is 165 Å². The van der Waals surface area contributed by atoms with Crippen molar-refractivity contribution in [2.24, 2.45) is 0 Å². The number of Topliss-reactive ketones (excluding diaryl/α,β-unsaturated/α-hetero) is 1. The molecule has 0 spiro atoms. The summed E-state index contributed by atoms with van der Waals surface area (Å²) in [6.07, 6.45) is 1.93. The molecule has 3 aromatic rings. The lowest BCUT2D eigenvalue weighted by Crippen LogP contribution is -1.96. The highest BCUT2D eigenvalue weighted by Crippen LogP contribution is 2.41. The van der Waals surface area contributed by atoms with Crippen LogP contribution in [0.1, 0.15) is 21.5 Å². The smallest absolute Gasteiger partial charge is 0.200 e. The number of thioether (sulfide) groups is 1. The van der Waals surface area contributed by atoms with Gasteiger partial charge in [0.2, 0.25) is 5.78 Å². The fourth-order valence-corrected chi connectivity index (χ4v) is 4.31. The molecule has 128 valence electrons. The summed E-state index contributed by atoms with van der Waals surface area (Å²) in [7, 11) is 0. The second-order valence-electron chi connectivity index (χ2n) is 5.90. The Morgan fingerprint density at radius 2 is 1.73 bits per heavy atom. The predicted octanol–water partition coefficient (Wildman–Crippen LogP) is 6.36. The molecule has 1 heterocycles. The van der Waals surface area contributed by atoms with Gasteiger partial charge >= 0.3 is 0 Å². The van der Waals surface area contributed by atoms with E-state index >= 15 is 0 Å². The minimum Gasteiger partial charge on any atom is -0.488 e. The number of allylic oxidation sites excluding steroid dienone is 1. The van der Waals surface area contributed by atoms with Crippen LogP contribution in [0.25, 0.3) is 6.08 Å². The number of ketones is 1. The van der Waals surface area contributed by atoms with Gasteiger partial charge in [0.15, 0.2) is 0 Å². The van der Waals surface area contributed by atoms with E-state index in [9.17, 15) is 4.79 Å². The molecule has 0 saturated carbocycles. The molecule has 0 atom stereocenters. The molecule has 0 unspecified atom stereocenters. The number of carbonyl (C=O) groups excluding carboxylic acids is 1. The van der Waals surface area contributed by atoms with Crippen LogP contribution in [-0.2, 0) is 6.61 Å². The van der Waals surface area contributed by atoms with Crippen LogP contribution in [0.4, 0.5) is 0 Å². The first kappa shape index (κ1) is 17.1. The molecule has 4 rings (SSSR count). The van der Waals surface area contributed by atoms with Crippen molar-refractivity contribution in [2.75, 3.05) is 0 Å². The molecule has 1 aliphatic heterocycles. The summed E-state index contributed by atoms with van der Waals surface area (Å²) < 4.78 is 6.75. The van der Waals surface area contributed by atoms with Crippen molar-refractivity contribution in [1.29, 1.82) is 0 Å². The summed E-state index contributed by atoms with van der Waals surface area (Å²) in [5, 5.41) is 0. The fourth-order valence-electron chi connectivity index (χ4n) is 2.75. The number of rotatable bonds is 4. The Kier molecular flexibility index (Phi) is 4.96. The molecule has 1 aliphatic rings. The van der Waals surface area contributed by atoms with E-state index < -0.39 is 0 Å². The van der Waals surface area contributed by atoms with Crippen LogP contribution in [0.2, 0.25) is 0 Å². The van der Waals surface area contributed by atoms with Gasteiger partial charge in [0, 0.05) is 10.5 Å². The van der Waals surface area contributed by atoms with Crippen molar-refractivity contribution in [2.45, 2.75) is 11.5 Å². The molecule has 0 aromatic heterocycles. The van der Waals surface area contributed by atoms with Gasteiger partial charge in [0.25, 0.3) is 0 Å². The first-order valence-electron chi connectivity index (χ1n) is 8.20. The number of ether oxygens (including phenoxy) is 1. The first-order chi connectivity index (χ1) is 12.7. The van der Waals surface area contributed by atoms with Crippen LogP contribution in [0.15, 0.2) is 87.1 Å². The highest BCUT2D eigenvalue weighted by Gasteiger charge is 2.25. The third-order valence-electron chi connectivity index (χ3n) is 4.07. The van der Waals surface area contributed by atoms with Crippen LogP contribution in [0.3, 0.4) is 0 Å². The van der Waals surface area contributed by atoms with Gasteiger partial charge in [-0.3, -0.25) is 4.79 Å². The largest absolute Gasteiger partial charge is 0.488 e. The van der Waals surface area contributed by atoms with Crippen LogP contribution in [0, 0.1) is 0 Å². The van der Waals surface area contributed by atoms with Gasteiger partial charge in [-0.15, -0.1) is 0 Å². The average molecular weight is 423 g/mol. The monoisotopic (exact) mass is 422 g/mol. The molecular formula is C22H15BrO2S. The van der Waals surface area contributed by atoms with Crippen molar-refractivity contribution in [3.63, 3.8) is 0 Å². The lowest BCUT2D eigenvalue weighted by atomic mass is 10.1. The quantitative estimate of drug-likeness (QED) is 0.457. The Balaban J connectivity index is 1.51. The lowest BCUT2D eigenvalue weighted by Gasteiger charge is -2.09. The number of hydrogen-bond acceptors (Lipinski definition) is 3. The number of benzene rings is 3. The van der Waals surface area contributed by atoms with E-state index in [0.717, 1.165) is 36.7 Å². The molecule has 3 aromatic carbocycles. The van der Waals surface area contributed by atoms with Gasteiger partial charge in [0.1, 0.15) is 12.4 Å². The molecule has 4 heteroatoms. The first-order valence-corrected chi connectivity index (χ1v) is 9.81. The van der Waals surface area contributed by atoms with Crippen molar-refractivity contribution >= 4 is 39.6 Å². The maximum absolute atomic E-state index is 12.5. The highest BCUT2D eigenvalue weighted by atomic mass is 79.9. The zero-order chi connectivity index (χ0) is 17.9. The summed E-state index contributed by atoms with van der Waals surface area (Å²) in [5.41, 5.74) is 2.87. The van der Waals surface area contributed by atoms with E-state index in [1.54, 1.807) is 0 Å². The SMILES string of the molecule is O=C1/C(=C/c2ccc(OCc3ccccc3)c(Br)c2)Sc2ccccc21. The third-order valence-corrected chi connectivity index (χ3v) is 5.79. The van der Waals surface area contributed by atoms with Crippen molar-refractivity contribution in [3.8, 4) is 5.75 Å². The van der Waals surface area contributed by atoms with E-state index in [0.29, 0.717) is 6.61 Å². The molecule has 0 bridgehead atoms. The van der Waals surface area contributed by atoms with Crippen molar-refractivity contribution in [3.05, 3.63) is 98.9 Å². The van der Waals surface area contributed by atoms with Gasteiger partial charge < -0.3 is 4.74 Å². The van der Waals surface area contributed by atoms with Gasteiger partial charge in [-0.25, -0.2) is 0 Å². The van der Waals surface area contributed by atoms with Crippen molar-refractivity contribution in [1.82, 2.24) is 0 Å². The van der Waals surface area contributed by atoms with Crippen LogP contribution in [-0.4, -0.2) is 5.78 Å². The van der Waals surface area contributed by atoms with E-state index in [-0.39, 0.29) is 5.78 Å². The van der Waals surface area contributed by atoms with E-state index in [1.165, 1.54) is 11.8 Å². The van der Waals surface area contributed by atoms with Crippen LogP contribution < -0.4 is 4.74 Å². The second-order valence-corrected chi connectivity index (χ2v) is 7.84. The Hall–Kier alpha value is -2.30. The standard InChI is InChI=1S/C22H15BrO2S/c23-18-12-16(10-11-19(18)25-14-15-6-2-1-3-7-15)13-21-22(24)17-8-4-5-9-20(17)26-21/h1-13H,14H2/b21-13-. The van der Waals surface area contributed by atoms with Crippen LogP contribution in [0.5, 0.6) is 5.75 Å². The molecule has 26 heavy (non-hydrogen) atoms. The average Bonchev–Trinajstić information content (AvgIpc) is 2.98. The minimum absolute atomic E-state index is 0.0890. The second kappa shape index (κ2) is 7.52. The zero-order valence-electron chi connectivity index (χ0n) is 13.8. The summed E-state index contributed by atoms with van der Waals surface area (Å²) >= 11 is 5.09. The Morgan fingerprint density at radius 3 is 2.50 bits per heavy atom. The topological polar surface area (TPSA) is 26.3 Å². The molecular weight excluding hydrogens is 408 g/mol. The normalized spacial score (nSPS) is 14.5. The number of fused-ring (bicyclic) bond motifs is 1. The zero-order valence-corrected chi connectivity index (χ0v) is 16.2. The summed E-state index contributed by atoms with van der Waals surface area (Å²) in [6.45, 7) is 0.517. The lowest BCUT2D eigenvalue weighted by molar-refractivity contribution is 0.104. The minimum atomic E-state index is 0.0890. The summed E-state index contributed by atoms with van der Waals surface area (Å²) in [5.74, 6) is 0.871. The van der Waals surface area contributed by atoms with E-state index in [4.69, 9.17) is 4.74 Å². The Bertz CT molecular complexity index is 996. The molecule has 0 saturated heterocycles. The van der Waals surface area contributed by atoms with Gasteiger partial charge in [0.05, 0.1) is 9.38 Å². The molecule has 0 N–H and O–H groups in total. The number of carbonyl (C=O) groups is 1. The molecule has 0 fully saturated rings. The van der Waals surface area contributed by atoms with E-state index in [1.807, 2.05) is 78.9 Å². The Morgan fingerprint density at radius 1 is 0.962 bits per heavy atom. The number of hydrogen-bond donors (Lipinski definition) is 0. The summed E-state index contributed by atoms with van der Waals surface area (Å²) in [4.78, 5) is 14.3. The van der Waals surface area contributed by atoms with Gasteiger partial charge in [-0.05, 0) is 57.4 Å². The predicted molar refractivity (Wildman–Crippen MR) is 110 cm³/mol. The highest BCUT2D eigenvalue weighted by molar-refractivity contribution is 9.10. The third kappa shape index (κ3) is 3.62. The molecule has 0 amide bonds. The van der Waals surface area contributed by atoms with Gasteiger partial charge in [-0.2, -0.15) is 0 Å². The number of halogens is 1. The molecule has 0 radical (unpaired) electrons. The molecule has 0 aliphatic carbocycles. The maximum Gasteiger partial charge on any atom is 0.200 e. The molecule has 2 nitrogen and oxygen atoms in total. The summed E-state index contributed by atoms with van der Waals surface area (Å²) in [6, 6.07) is 23.6. The van der Waals surface area contributed by atoms with Crippen LogP contribution >= 0.6 is 27.7 Å². The van der Waals surface area contributed by atoms with Crippen molar-refractivity contribution < 1.29 is 9.53 Å². The maximum atomic E-state index is 12.5. The van der Waals surface area contributed by atoms with E-state index in [2.05, 4.69) is 15.9 Å². The fraction of sp³-hybridized carbons (Fsp3) is 0.0455. The van der Waals surface area contributed by atoms with Gasteiger partial charge in [-0.1, -0.05) is 60.3 Å².